The predicted octanol–water partition coefficient (Wildman–Crippen LogP) is 2.14. The Morgan fingerprint density at radius 2 is 1.96 bits per heavy atom. The minimum absolute atomic E-state index is 0.0537. The molecule has 27 heavy (non-hydrogen) atoms. The first-order valence-corrected chi connectivity index (χ1v) is 9.77. The molecule has 2 amide bonds. The molecule has 1 aromatic carbocycles. The summed E-state index contributed by atoms with van der Waals surface area (Å²) in [4.78, 5) is 29.5. The van der Waals surface area contributed by atoms with Crippen molar-refractivity contribution in [3.63, 3.8) is 0 Å². The van der Waals surface area contributed by atoms with E-state index < -0.39 is 11.7 Å². The second kappa shape index (κ2) is 6.69. The summed E-state index contributed by atoms with van der Waals surface area (Å²) in [5, 5.41) is 3.97. The van der Waals surface area contributed by atoms with Crippen molar-refractivity contribution in [2.24, 2.45) is 0 Å². The number of benzene rings is 1. The van der Waals surface area contributed by atoms with Crippen LogP contribution in [-0.4, -0.2) is 58.4 Å². The number of likely N-dealkylation sites (tertiary alicyclic amines) is 1. The average Bonchev–Trinajstić information content (AvgIpc) is 3.24. The summed E-state index contributed by atoms with van der Waals surface area (Å²) in [6.07, 6.45) is 0.732. The number of aryl methyl sites for hydroxylation is 1. The van der Waals surface area contributed by atoms with Crippen molar-refractivity contribution in [1.82, 2.24) is 19.4 Å². The Kier molecular flexibility index (Phi) is 4.47. The van der Waals surface area contributed by atoms with Crippen LogP contribution in [0.15, 0.2) is 24.3 Å². The highest BCUT2D eigenvalue weighted by Gasteiger charge is 2.49. The number of carbonyl (C=O) groups is 2. The number of amides is 2. The van der Waals surface area contributed by atoms with Gasteiger partial charge in [-0.05, 0) is 42.4 Å². The number of fused-ring (bicyclic) bond motifs is 2. The fourth-order valence-electron chi connectivity index (χ4n) is 3.95. The van der Waals surface area contributed by atoms with Crippen molar-refractivity contribution in [2.45, 2.75) is 31.5 Å². The fraction of sp³-hybridized carbons (Fsp3) is 0.474. The van der Waals surface area contributed by atoms with Crippen LogP contribution in [0.2, 0.25) is 0 Å². The average molecular weight is 386 g/mol. The molecule has 0 N–H and O–H groups in total. The summed E-state index contributed by atoms with van der Waals surface area (Å²) in [5.41, 5.74) is 1.93. The first-order valence-electron chi connectivity index (χ1n) is 8.99. The molecule has 0 unspecified atom stereocenters. The number of hydrogen-bond donors (Lipinski definition) is 0. The zero-order valence-electron chi connectivity index (χ0n) is 15.6. The molecule has 2 aliphatic rings. The van der Waals surface area contributed by atoms with E-state index in [9.17, 15) is 9.59 Å². The lowest BCUT2D eigenvalue weighted by Crippen LogP contribution is -2.45. The lowest BCUT2D eigenvalue weighted by molar-refractivity contribution is -0.157. The van der Waals surface area contributed by atoms with Gasteiger partial charge < -0.3 is 14.5 Å². The standard InChI is InChI=1S/C19H22N4O3S/c1-12-15(20-21-27-12)17(24)23-10-8-19(9-11-23)14-7-5-4-6-13(14)16(26-19)18(25)22(2)3/h4-7,16H,8-11H2,1-3H3/t16-/m0/s1. The molecule has 8 heteroatoms. The number of rotatable bonds is 2. The van der Waals surface area contributed by atoms with E-state index in [1.165, 1.54) is 11.5 Å². The zero-order valence-corrected chi connectivity index (χ0v) is 16.5. The highest BCUT2D eigenvalue weighted by molar-refractivity contribution is 7.05. The van der Waals surface area contributed by atoms with Gasteiger partial charge in [-0.3, -0.25) is 9.59 Å². The summed E-state index contributed by atoms with van der Waals surface area (Å²) in [6, 6.07) is 7.93. The van der Waals surface area contributed by atoms with Crippen molar-refractivity contribution in [3.8, 4) is 0 Å². The molecule has 0 aliphatic carbocycles. The van der Waals surface area contributed by atoms with E-state index in [4.69, 9.17) is 4.74 Å². The summed E-state index contributed by atoms with van der Waals surface area (Å²) in [5.74, 6) is -0.134. The van der Waals surface area contributed by atoms with E-state index >= 15 is 0 Å². The summed E-state index contributed by atoms with van der Waals surface area (Å²) >= 11 is 1.24. The molecular formula is C19H22N4O3S. The Hall–Kier alpha value is -2.32. The van der Waals surface area contributed by atoms with Gasteiger partial charge in [-0.2, -0.15) is 0 Å². The lowest BCUT2D eigenvalue weighted by atomic mass is 9.83. The molecule has 2 aliphatic heterocycles. The largest absolute Gasteiger partial charge is 0.352 e. The molecule has 2 aromatic rings. The smallest absolute Gasteiger partial charge is 0.275 e. The Labute approximate surface area is 162 Å². The molecule has 3 heterocycles. The summed E-state index contributed by atoms with van der Waals surface area (Å²) in [6.45, 7) is 2.98. The van der Waals surface area contributed by atoms with Crippen molar-refractivity contribution < 1.29 is 14.3 Å². The maximum Gasteiger partial charge on any atom is 0.275 e. The predicted molar refractivity (Wildman–Crippen MR) is 100 cm³/mol. The van der Waals surface area contributed by atoms with Gasteiger partial charge in [0.1, 0.15) is 0 Å². The van der Waals surface area contributed by atoms with Crippen LogP contribution in [0, 0.1) is 6.92 Å². The van der Waals surface area contributed by atoms with Gasteiger partial charge in [-0.1, -0.05) is 28.8 Å². The van der Waals surface area contributed by atoms with Crippen LogP contribution in [0.5, 0.6) is 0 Å². The number of aromatic nitrogens is 2. The molecule has 1 spiro atoms. The summed E-state index contributed by atoms with van der Waals surface area (Å²) in [7, 11) is 3.48. The van der Waals surface area contributed by atoms with Gasteiger partial charge in [0, 0.05) is 27.2 Å². The first-order chi connectivity index (χ1) is 12.9. The van der Waals surface area contributed by atoms with E-state index in [0.717, 1.165) is 16.0 Å². The Bertz CT molecular complexity index is 887. The maximum atomic E-state index is 12.7. The third kappa shape index (κ3) is 2.93. The van der Waals surface area contributed by atoms with Crippen LogP contribution < -0.4 is 0 Å². The number of ether oxygens (including phenoxy) is 1. The van der Waals surface area contributed by atoms with E-state index in [1.54, 1.807) is 19.0 Å². The quantitative estimate of drug-likeness (QED) is 0.790. The molecule has 1 atom stereocenters. The van der Waals surface area contributed by atoms with Crippen molar-refractivity contribution >= 4 is 23.3 Å². The normalized spacial score (nSPS) is 20.6. The summed E-state index contributed by atoms with van der Waals surface area (Å²) < 4.78 is 10.2. The molecule has 4 rings (SSSR count). The Morgan fingerprint density at radius 3 is 2.59 bits per heavy atom. The molecule has 0 bridgehead atoms. The zero-order chi connectivity index (χ0) is 19.2. The van der Waals surface area contributed by atoms with Gasteiger partial charge in [0.25, 0.3) is 11.8 Å². The third-order valence-corrected chi connectivity index (χ3v) is 6.09. The van der Waals surface area contributed by atoms with Gasteiger partial charge in [0.05, 0.1) is 10.5 Å². The van der Waals surface area contributed by atoms with Crippen molar-refractivity contribution in [2.75, 3.05) is 27.2 Å². The lowest BCUT2D eigenvalue weighted by Gasteiger charge is -2.39. The van der Waals surface area contributed by atoms with Gasteiger partial charge in [0.2, 0.25) is 0 Å². The number of nitrogens with zero attached hydrogens (tertiary/aromatic N) is 4. The van der Waals surface area contributed by atoms with E-state index in [-0.39, 0.29) is 11.8 Å². The number of carbonyl (C=O) groups excluding carboxylic acids is 2. The topological polar surface area (TPSA) is 75.6 Å². The maximum absolute atomic E-state index is 12.7. The Balaban J connectivity index is 1.57. The number of hydrogen-bond acceptors (Lipinski definition) is 6. The van der Waals surface area contributed by atoms with Crippen LogP contribution in [0.25, 0.3) is 0 Å². The Morgan fingerprint density at radius 1 is 1.26 bits per heavy atom. The van der Waals surface area contributed by atoms with Crippen LogP contribution in [-0.2, 0) is 15.1 Å². The van der Waals surface area contributed by atoms with Gasteiger partial charge in [-0.15, -0.1) is 5.10 Å². The third-order valence-electron chi connectivity index (χ3n) is 5.46. The molecule has 0 saturated carbocycles. The molecule has 142 valence electrons. The van der Waals surface area contributed by atoms with Crippen molar-refractivity contribution in [3.05, 3.63) is 46.0 Å². The number of likely N-dealkylation sites (N-methyl/N-ethyl adjacent to an activating group) is 1. The fourth-order valence-corrected chi connectivity index (χ4v) is 4.41. The molecule has 7 nitrogen and oxygen atoms in total. The highest BCUT2D eigenvalue weighted by Crippen LogP contribution is 2.49. The monoisotopic (exact) mass is 386 g/mol. The van der Waals surface area contributed by atoms with E-state index in [1.807, 2.05) is 36.1 Å². The SMILES string of the molecule is Cc1snnc1C(=O)N1CCC2(CC1)O[C@H](C(=O)N(C)C)c1ccccc12. The minimum atomic E-state index is -0.580. The van der Waals surface area contributed by atoms with Gasteiger partial charge in [-0.25, -0.2) is 0 Å². The van der Waals surface area contributed by atoms with E-state index in [2.05, 4.69) is 9.59 Å². The molecule has 1 saturated heterocycles. The molecule has 0 radical (unpaired) electrons. The molecular weight excluding hydrogens is 364 g/mol. The minimum Gasteiger partial charge on any atom is -0.352 e. The van der Waals surface area contributed by atoms with E-state index in [0.29, 0.717) is 31.6 Å². The van der Waals surface area contributed by atoms with Gasteiger partial charge in [0.15, 0.2) is 11.8 Å². The molecule has 1 fully saturated rings. The van der Waals surface area contributed by atoms with Crippen LogP contribution in [0.4, 0.5) is 0 Å². The van der Waals surface area contributed by atoms with Crippen LogP contribution in [0.3, 0.4) is 0 Å². The second-order valence-electron chi connectivity index (χ2n) is 7.28. The van der Waals surface area contributed by atoms with Crippen molar-refractivity contribution in [1.29, 1.82) is 0 Å². The van der Waals surface area contributed by atoms with Gasteiger partial charge >= 0.3 is 0 Å². The second-order valence-corrected chi connectivity index (χ2v) is 8.24. The van der Waals surface area contributed by atoms with Crippen LogP contribution in [0.1, 0.15) is 45.4 Å². The number of piperidine rings is 1. The molecule has 1 aromatic heterocycles. The van der Waals surface area contributed by atoms with Crippen LogP contribution >= 0.6 is 11.5 Å². The first kappa shape index (κ1) is 18.1. The highest BCUT2D eigenvalue weighted by atomic mass is 32.1.